The van der Waals surface area contributed by atoms with Gasteiger partial charge in [-0.1, -0.05) is 6.07 Å². The number of alkyl halides is 3. The third kappa shape index (κ3) is 5.00. The van der Waals surface area contributed by atoms with Crippen LogP contribution in [0.3, 0.4) is 0 Å². The van der Waals surface area contributed by atoms with Gasteiger partial charge in [0.2, 0.25) is 0 Å². The number of aryl methyl sites for hydroxylation is 1. The van der Waals surface area contributed by atoms with E-state index in [4.69, 9.17) is 9.47 Å². The van der Waals surface area contributed by atoms with Crippen molar-refractivity contribution in [3.05, 3.63) is 70.5 Å². The third-order valence-corrected chi connectivity index (χ3v) is 5.08. The molecule has 0 aliphatic heterocycles. The van der Waals surface area contributed by atoms with Crippen LogP contribution in [0.5, 0.6) is 11.5 Å². The molecule has 0 radical (unpaired) electrons. The van der Waals surface area contributed by atoms with E-state index in [1.165, 1.54) is 44.9 Å². The van der Waals surface area contributed by atoms with Crippen molar-refractivity contribution >= 4 is 11.7 Å². The predicted octanol–water partition coefficient (Wildman–Crippen LogP) is 4.02. The van der Waals surface area contributed by atoms with Crippen LogP contribution in [0.4, 0.5) is 13.2 Å². The number of Topliss-reactive ketones (excluding diaryl/α,β-unsaturated/α-hetero) is 1. The number of nitrogens with one attached hydrogen (secondary N) is 1. The van der Waals surface area contributed by atoms with Gasteiger partial charge in [-0.3, -0.25) is 9.59 Å². The number of hydrogen-bond donors (Lipinski definition) is 1. The molecule has 0 saturated heterocycles. The van der Waals surface area contributed by atoms with Crippen molar-refractivity contribution in [2.45, 2.75) is 26.6 Å². The number of benzene rings is 2. The average molecular weight is 461 g/mol. The van der Waals surface area contributed by atoms with E-state index < -0.39 is 23.4 Å². The smallest absolute Gasteiger partial charge is 0.416 e. The summed E-state index contributed by atoms with van der Waals surface area (Å²) in [5, 5.41) is 6.73. The Labute approximate surface area is 188 Å². The Bertz CT molecular complexity index is 1200. The van der Waals surface area contributed by atoms with E-state index in [2.05, 4.69) is 10.4 Å². The molecule has 1 amide bonds. The number of nitrogens with zero attached hydrogens (tertiary/aromatic N) is 2. The van der Waals surface area contributed by atoms with Gasteiger partial charge in [0.25, 0.3) is 11.7 Å². The van der Waals surface area contributed by atoms with E-state index in [1.54, 1.807) is 18.2 Å². The number of hydrogen-bond acceptors (Lipinski definition) is 5. The molecule has 3 rings (SSSR count). The lowest BCUT2D eigenvalue weighted by Gasteiger charge is -2.11. The molecule has 1 N–H and O–H groups in total. The standard InChI is InChI=1S/C23H22F3N3O4/c1-13-20(14(2)29(28-13)17-7-5-6-16(10-17)23(24,25)26)21(30)22(31)27-12-15-8-9-18(32-3)11-19(15)33-4/h5-11H,12H2,1-4H3,(H,27,31). The summed E-state index contributed by atoms with van der Waals surface area (Å²) in [5.74, 6) is -0.656. The first kappa shape index (κ1) is 23.8. The van der Waals surface area contributed by atoms with Crippen LogP contribution in [0.15, 0.2) is 42.5 Å². The van der Waals surface area contributed by atoms with E-state index in [1.807, 2.05) is 0 Å². The van der Waals surface area contributed by atoms with Crippen LogP contribution in [0.25, 0.3) is 5.69 Å². The van der Waals surface area contributed by atoms with Gasteiger partial charge < -0.3 is 14.8 Å². The number of methoxy groups -OCH3 is 2. The summed E-state index contributed by atoms with van der Waals surface area (Å²) in [6.45, 7) is 3.06. The highest BCUT2D eigenvalue weighted by atomic mass is 19.4. The number of halogens is 3. The molecular formula is C23H22F3N3O4. The van der Waals surface area contributed by atoms with Crippen LogP contribution in [0, 0.1) is 13.8 Å². The molecule has 33 heavy (non-hydrogen) atoms. The number of ether oxygens (including phenoxy) is 2. The Morgan fingerprint density at radius 2 is 1.79 bits per heavy atom. The molecule has 0 spiro atoms. The highest BCUT2D eigenvalue weighted by Crippen LogP contribution is 2.31. The summed E-state index contributed by atoms with van der Waals surface area (Å²) in [6, 6.07) is 9.62. The SMILES string of the molecule is COc1ccc(CNC(=O)C(=O)c2c(C)nn(-c3cccc(C(F)(F)F)c3)c2C)c(OC)c1. The monoisotopic (exact) mass is 461 g/mol. The Balaban J connectivity index is 1.83. The first-order valence-corrected chi connectivity index (χ1v) is 9.84. The van der Waals surface area contributed by atoms with Crippen molar-refractivity contribution < 1.29 is 32.2 Å². The van der Waals surface area contributed by atoms with Gasteiger partial charge in [0.05, 0.1) is 42.4 Å². The lowest BCUT2D eigenvalue weighted by molar-refractivity contribution is -0.137. The maximum atomic E-state index is 13.1. The Morgan fingerprint density at radius 3 is 2.42 bits per heavy atom. The van der Waals surface area contributed by atoms with Crippen molar-refractivity contribution in [3.8, 4) is 17.2 Å². The summed E-state index contributed by atoms with van der Waals surface area (Å²) in [7, 11) is 2.99. The molecule has 0 unspecified atom stereocenters. The fourth-order valence-corrected chi connectivity index (χ4v) is 3.40. The van der Waals surface area contributed by atoms with E-state index in [0.29, 0.717) is 17.1 Å². The number of carbonyl (C=O) groups is 2. The number of amides is 1. The molecule has 174 valence electrons. The van der Waals surface area contributed by atoms with E-state index in [0.717, 1.165) is 12.1 Å². The topological polar surface area (TPSA) is 82.5 Å². The summed E-state index contributed by atoms with van der Waals surface area (Å²) in [4.78, 5) is 25.4. The van der Waals surface area contributed by atoms with Gasteiger partial charge in [0.15, 0.2) is 0 Å². The predicted molar refractivity (Wildman–Crippen MR) is 114 cm³/mol. The first-order valence-electron chi connectivity index (χ1n) is 9.84. The van der Waals surface area contributed by atoms with E-state index in [9.17, 15) is 22.8 Å². The maximum absolute atomic E-state index is 13.1. The molecule has 0 aliphatic carbocycles. The zero-order chi connectivity index (χ0) is 24.3. The van der Waals surface area contributed by atoms with Crippen molar-refractivity contribution in [3.63, 3.8) is 0 Å². The van der Waals surface area contributed by atoms with Gasteiger partial charge in [-0.15, -0.1) is 0 Å². The van der Waals surface area contributed by atoms with E-state index in [-0.39, 0.29) is 29.2 Å². The molecule has 2 aromatic carbocycles. The minimum absolute atomic E-state index is 0.0254. The van der Waals surface area contributed by atoms with E-state index >= 15 is 0 Å². The molecule has 1 heterocycles. The molecule has 0 saturated carbocycles. The Morgan fingerprint density at radius 1 is 1.06 bits per heavy atom. The summed E-state index contributed by atoms with van der Waals surface area (Å²) < 4.78 is 50.8. The summed E-state index contributed by atoms with van der Waals surface area (Å²) in [6.07, 6.45) is -4.52. The summed E-state index contributed by atoms with van der Waals surface area (Å²) in [5.41, 5.74) is 0.444. The van der Waals surface area contributed by atoms with Gasteiger partial charge in [0, 0.05) is 18.2 Å². The molecule has 0 bridgehead atoms. The lowest BCUT2D eigenvalue weighted by atomic mass is 10.1. The third-order valence-electron chi connectivity index (χ3n) is 5.08. The second-order valence-corrected chi connectivity index (χ2v) is 7.20. The largest absolute Gasteiger partial charge is 0.497 e. The first-order chi connectivity index (χ1) is 15.6. The Kier molecular flexibility index (Phi) is 6.75. The molecule has 10 heteroatoms. The van der Waals surface area contributed by atoms with Gasteiger partial charge in [-0.2, -0.15) is 18.3 Å². The lowest BCUT2D eigenvalue weighted by Crippen LogP contribution is -2.31. The number of carbonyl (C=O) groups excluding carboxylic acids is 2. The second kappa shape index (κ2) is 9.35. The van der Waals surface area contributed by atoms with Crippen LogP contribution >= 0.6 is 0 Å². The van der Waals surface area contributed by atoms with Crippen molar-refractivity contribution in [1.82, 2.24) is 15.1 Å². The minimum atomic E-state index is -4.52. The molecule has 0 aliphatic rings. The number of ketones is 1. The van der Waals surface area contributed by atoms with Gasteiger partial charge >= 0.3 is 6.18 Å². The van der Waals surface area contributed by atoms with Crippen molar-refractivity contribution in [2.75, 3.05) is 14.2 Å². The van der Waals surface area contributed by atoms with Crippen LogP contribution in [-0.2, 0) is 17.5 Å². The fraction of sp³-hybridized carbons (Fsp3) is 0.261. The highest BCUT2D eigenvalue weighted by molar-refractivity contribution is 6.43. The summed E-state index contributed by atoms with van der Waals surface area (Å²) >= 11 is 0. The van der Waals surface area contributed by atoms with Gasteiger partial charge in [0.1, 0.15) is 11.5 Å². The highest BCUT2D eigenvalue weighted by Gasteiger charge is 2.31. The average Bonchev–Trinajstić information content (AvgIpc) is 3.10. The zero-order valence-corrected chi connectivity index (χ0v) is 18.4. The van der Waals surface area contributed by atoms with Gasteiger partial charge in [-0.05, 0) is 44.2 Å². The molecule has 1 aromatic heterocycles. The van der Waals surface area contributed by atoms with Gasteiger partial charge in [-0.25, -0.2) is 4.68 Å². The minimum Gasteiger partial charge on any atom is -0.497 e. The zero-order valence-electron chi connectivity index (χ0n) is 18.4. The van der Waals surface area contributed by atoms with Crippen LogP contribution in [0.1, 0.15) is 32.9 Å². The van der Waals surface area contributed by atoms with Crippen LogP contribution in [0.2, 0.25) is 0 Å². The molecule has 0 atom stereocenters. The second-order valence-electron chi connectivity index (χ2n) is 7.20. The van der Waals surface area contributed by atoms with Crippen LogP contribution < -0.4 is 14.8 Å². The quantitative estimate of drug-likeness (QED) is 0.425. The fourth-order valence-electron chi connectivity index (χ4n) is 3.40. The maximum Gasteiger partial charge on any atom is 0.416 e. The molecule has 0 fully saturated rings. The number of aromatic nitrogens is 2. The molecule has 3 aromatic rings. The number of rotatable bonds is 7. The molecular weight excluding hydrogens is 439 g/mol. The normalized spacial score (nSPS) is 11.2. The Hall–Kier alpha value is -3.82. The van der Waals surface area contributed by atoms with Crippen molar-refractivity contribution in [2.24, 2.45) is 0 Å². The molecule has 7 nitrogen and oxygen atoms in total. The van der Waals surface area contributed by atoms with Crippen LogP contribution in [-0.4, -0.2) is 35.7 Å². The van der Waals surface area contributed by atoms with Crippen molar-refractivity contribution in [1.29, 1.82) is 0 Å².